The van der Waals surface area contributed by atoms with Gasteiger partial charge in [0.2, 0.25) is 5.91 Å². The summed E-state index contributed by atoms with van der Waals surface area (Å²) < 4.78 is 0. The maximum Gasteiger partial charge on any atom is 0.308 e. The summed E-state index contributed by atoms with van der Waals surface area (Å²) in [5.74, 6) is -1.31. The third kappa shape index (κ3) is 5.08. The van der Waals surface area contributed by atoms with Gasteiger partial charge in [0.15, 0.2) is 0 Å². The monoisotopic (exact) mass is 332 g/mol. The van der Waals surface area contributed by atoms with Crippen molar-refractivity contribution < 1.29 is 19.5 Å². The number of hydrogen-bond acceptors (Lipinski definition) is 3. The molecule has 0 aliphatic carbocycles. The minimum Gasteiger partial charge on any atom is -0.481 e. The molecule has 1 aliphatic rings. The van der Waals surface area contributed by atoms with Crippen molar-refractivity contribution in [1.82, 2.24) is 10.2 Å². The van der Waals surface area contributed by atoms with Crippen LogP contribution >= 0.6 is 0 Å². The number of carbonyl (C=O) groups excluding carboxylic acids is 2. The maximum absolute atomic E-state index is 12.2. The van der Waals surface area contributed by atoms with Gasteiger partial charge in [0, 0.05) is 31.6 Å². The van der Waals surface area contributed by atoms with Crippen molar-refractivity contribution in [1.29, 1.82) is 0 Å². The number of aliphatic carboxylic acids is 1. The van der Waals surface area contributed by atoms with Crippen molar-refractivity contribution in [2.24, 2.45) is 11.8 Å². The van der Waals surface area contributed by atoms with Gasteiger partial charge in [0.1, 0.15) is 0 Å². The van der Waals surface area contributed by atoms with Gasteiger partial charge in [-0.2, -0.15) is 0 Å². The number of nitrogens with one attached hydrogen (secondary N) is 1. The summed E-state index contributed by atoms with van der Waals surface area (Å²) in [6, 6.07) is 8.92. The lowest BCUT2D eigenvalue weighted by Gasteiger charge is -2.34. The molecule has 1 aromatic carbocycles. The normalized spacial score (nSPS) is 20.5. The second-order valence-electron chi connectivity index (χ2n) is 6.40. The highest BCUT2D eigenvalue weighted by Gasteiger charge is 2.31. The fraction of sp³-hybridized carbons (Fsp3) is 0.500. The highest BCUT2D eigenvalue weighted by molar-refractivity contribution is 5.94. The first-order chi connectivity index (χ1) is 11.5. The zero-order chi connectivity index (χ0) is 17.5. The number of amides is 2. The van der Waals surface area contributed by atoms with E-state index in [4.69, 9.17) is 5.11 Å². The van der Waals surface area contributed by atoms with Crippen LogP contribution in [-0.4, -0.2) is 47.4 Å². The molecule has 0 spiro atoms. The molecule has 0 radical (unpaired) electrons. The molecule has 0 bridgehead atoms. The Morgan fingerprint density at radius 1 is 1.21 bits per heavy atom. The van der Waals surface area contributed by atoms with Crippen molar-refractivity contribution >= 4 is 17.8 Å². The maximum atomic E-state index is 12.2. The van der Waals surface area contributed by atoms with E-state index in [0.29, 0.717) is 37.9 Å². The smallest absolute Gasteiger partial charge is 0.308 e. The van der Waals surface area contributed by atoms with Crippen molar-refractivity contribution in [2.75, 3.05) is 19.6 Å². The Kier molecular flexibility index (Phi) is 6.35. The van der Waals surface area contributed by atoms with Gasteiger partial charge in [-0.1, -0.05) is 25.1 Å². The number of carbonyl (C=O) groups is 3. The summed E-state index contributed by atoms with van der Waals surface area (Å²) in [4.78, 5) is 36.9. The highest BCUT2D eigenvalue weighted by atomic mass is 16.4. The Bertz CT molecular complexity index is 588. The Morgan fingerprint density at radius 2 is 1.92 bits per heavy atom. The second kappa shape index (κ2) is 8.47. The van der Waals surface area contributed by atoms with Gasteiger partial charge in [0.25, 0.3) is 5.91 Å². The van der Waals surface area contributed by atoms with Gasteiger partial charge >= 0.3 is 5.97 Å². The number of rotatable bonds is 6. The van der Waals surface area contributed by atoms with E-state index in [2.05, 4.69) is 5.32 Å². The van der Waals surface area contributed by atoms with Crippen molar-refractivity contribution in [3.63, 3.8) is 0 Å². The van der Waals surface area contributed by atoms with E-state index < -0.39 is 11.9 Å². The molecular weight excluding hydrogens is 308 g/mol. The molecule has 1 fully saturated rings. The number of carboxylic acid groups (broad SMARTS) is 1. The summed E-state index contributed by atoms with van der Waals surface area (Å²) in [6.07, 6.45) is 1.47. The van der Waals surface area contributed by atoms with Crippen molar-refractivity contribution in [3.8, 4) is 0 Å². The van der Waals surface area contributed by atoms with Crippen molar-refractivity contribution in [3.05, 3.63) is 35.9 Å². The molecule has 0 aromatic heterocycles. The molecular formula is C18H24N2O4. The average Bonchev–Trinajstić information content (AvgIpc) is 2.58. The average molecular weight is 332 g/mol. The third-order valence-corrected chi connectivity index (χ3v) is 4.25. The standard InChI is InChI=1S/C18H24N2O4/c1-13-10-15(18(23)24)12-20(11-13)16(21)8-5-9-19-17(22)14-6-3-2-4-7-14/h2-4,6-7,13,15H,5,8-12H2,1H3,(H,19,22)(H,23,24). The molecule has 2 unspecified atom stereocenters. The van der Waals surface area contributed by atoms with Crippen LogP contribution in [0.25, 0.3) is 0 Å². The van der Waals surface area contributed by atoms with E-state index >= 15 is 0 Å². The number of piperidine rings is 1. The summed E-state index contributed by atoms with van der Waals surface area (Å²) in [5.41, 5.74) is 0.595. The summed E-state index contributed by atoms with van der Waals surface area (Å²) in [5, 5.41) is 11.9. The minimum atomic E-state index is -0.838. The Labute approximate surface area is 141 Å². The van der Waals surface area contributed by atoms with Crippen LogP contribution < -0.4 is 5.32 Å². The van der Waals surface area contributed by atoms with Crippen LogP contribution in [0.3, 0.4) is 0 Å². The Balaban J connectivity index is 1.73. The minimum absolute atomic E-state index is 0.0400. The molecule has 1 saturated heterocycles. The van der Waals surface area contributed by atoms with Crippen LogP contribution in [0.2, 0.25) is 0 Å². The first-order valence-corrected chi connectivity index (χ1v) is 8.31. The highest BCUT2D eigenvalue weighted by Crippen LogP contribution is 2.22. The molecule has 24 heavy (non-hydrogen) atoms. The number of benzene rings is 1. The molecule has 130 valence electrons. The first kappa shape index (κ1) is 18.0. The molecule has 0 saturated carbocycles. The van der Waals surface area contributed by atoms with Crippen LogP contribution in [0.4, 0.5) is 0 Å². The second-order valence-corrected chi connectivity index (χ2v) is 6.40. The Morgan fingerprint density at radius 3 is 2.58 bits per heavy atom. The Hall–Kier alpha value is -2.37. The molecule has 6 heteroatoms. The topological polar surface area (TPSA) is 86.7 Å². The molecule has 2 atom stereocenters. The fourth-order valence-electron chi connectivity index (χ4n) is 3.03. The van der Waals surface area contributed by atoms with E-state index in [-0.39, 0.29) is 24.3 Å². The van der Waals surface area contributed by atoms with E-state index in [1.165, 1.54) is 0 Å². The number of hydrogen-bond donors (Lipinski definition) is 2. The lowest BCUT2D eigenvalue weighted by Crippen LogP contribution is -2.45. The van der Waals surface area contributed by atoms with Gasteiger partial charge in [-0.15, -0.1) is 0 Å². The fourth-order valence-corrected chi connectivity index (χ4v) is 3.03. The molecule has 1 aromatic rings. The van der Waals surface area contributed by atoms with Gasteiger partial charge in [0.05, 0.1) is 5.92 Å². The van der Waals surface area contributed by atoms with E-state index in [0.717, 1.165) is 0 Å². The molecule has 1 heterocycles. The zero-order valence-electron chi connectivity index (χ0n) is 13.9. The van der Waals surface area contributed by atoms with Crippen LogP contribution in [0, 0.1) is 11.8 Å². The lowest BCUT2D eigenvalue weighted by molar-refractivity contribution is -0.146. The molecule has 2 N–H and O–H groups in total. The zero-order valence-corrected chi connectivity index (χ0v) is 13.9. The summed E-state index contributed by atoms with van der Waals surface area (Å²) >= 11 is 0. The predicted octanol–water partition coefficient (Wildman–Crippen LogP) is 1.77. The van der Waals surface area contributed by atoms with Gasteiger partial charge < -0.3 is 15.3 Å². The van der Waals surface area contributed by atoms with E-state index in [9.17, 15) is 14.4 Å². The lowest BCUT2D eigenvalue weighted by atomic mass is 9.90. The van der Waals surface area contributed by atoms with Crippen LogP contribution in [-0.2, 0) is 9.59 Å². The van der Waals surface area contributed by atoms with Crippen LogP contribution in [0.5, 0.6) is 0 Å². The SMILES string of the molecule is CC1CC(C(=O)O)CN(C(=O)CCCNC(=O)c2ccccc2)C1. The first-order valence-electron chi connectivity index (χ1n) is 8.31. The van der Waals surface area contributed by atoms with Gasteiger partial charge in [-0.25, -0.2) is 0 Å². The van der Waals surface area contributed by atoms with Gasteiger partial charge in [-0.05, 0) is 30.9 Å². The quantitative estimate of drug-likeness (QED) is 0.777. The number of likely N-dealkylation sites (tertiary alicyclic amines) is 1. The van der Waals surface area contributed by atoms with Crippen LogP contribution in [0.15, 0.2) is 30.3 Å². The summed E-state index contributed by atoms with van der Waals surface area (Å²) in [7, 11) is 0. The number of carboxylic acids is 1. The molecule has 6 nitrogen and oxygen atoms in total. The van der Waals surface area contributed by atoms with Crippen molar-refractivity contribution in [2.45, 2.75) is 26.2 Å². The number of nitrogens with zero attached hydrogens (tertiary/aromatic N) is 1. The van der Waals surface area contributed by atoms with E-state index in [1.807, 2.05) is 13.0 Å². The molecule has 1 aliphatic heterocycles. The molecule has 2 amide bonds. The van der Waals surface area contributed by atoms with Gasteiger partial charge in [-0.3, -0.25) is 14.4 Å². The van der Waals surface area contributed by atoms with Crippen LogP contribution in [0.1, 0.15) is 36.5 Å². The summed E-state index contributed by atoms with van der Waals surface area (Å²) in [6.45, 7) is 3.29. The molecule has 2 rings (SSSR count). The third-order valence-electron chi connectivity index (χ3n) is 4.25. The van der Waals surface area contributed by atoms with E-state index in [1.54, 1.807) is 29.2 Å². The largest absolute Gasteiger partial charge is 0.481 e. The predicted molar refractivity (Wildman–Crippen MR) is 89.5 cm³/mol.